The Kier molecular flexibility index (Phi) is 4.00. The van der Waals surface area contributed by atoms with Gasteiger partial charge in [0.25, 0.3) is 5.91 Å². The molecule has 0 saturated carbocycles. The van der Waals surface area contributed by atoms with Gasteiger partial charge in [-0.25, -0.2) is 9.97 Å². The molecule has 4 rings (SSSR count). The number of benzene rings is 1. The lowest BCUT2D eigenvalue weighted by Crippen LogP contribution is -2.35. The largest absolute Gasteiger partial charge is 0.481 e. The first-order valence-corrected chi connectivity index (χ1v) is 8.16. The highest BCUT2D eigenvalue weighted by atomic mass is 16.5. The molecule has 0 unspecified atom stereocenters. The number of carbonyl (C=O) groups excluding carboxylic acids is 1. The van der Waals surface area contributed by atoms with Crippen molar-refractivity contribution in [3.63, 3.8) is 0 Å². The summed E-state index contributed by atoms with van der Waals surface area (Å²) in [5.41, 5.74) is 1.44. The van der Waals surface area contributed by atoms with Crippen molar-refractivity contribution in [2.24, 2.45) is 0 Å². The quantitative estimate of drug-likeness (QED) is 0.795. The number of amides is 1. The molecule has 0 bridgehead atoms. The zero-order chi connectivity index (χ0) is 16.4. The molecule has 2 aliphatic rings. The minimum atomic E-state index is -0.151. The molecular formula is C17H19N5O2. The Labute approximate surface area is 139 Å². The van der Waals surface area contributed by atoms with Crippen LogP contribution in [0, 0.1) is 0 Å². The molecule has 0 aliphatic carbocycles. The SMILES string of the molecule is O=C1COc2c(cccc2-c2nccc(NC3CCNCC3)n2)N1. The van der Waals surface area contributed by atoms with Crippen LogP contribution >= 0.6 is 0 Å². The summed E-state index contributed by atoms with van der Waals surface area (Å²) in [7, 11) is 0. The fourth-order valence-corrected chi connectivity index (χ4v) is 3.04. The number of nitrogens with one attached hydrogen (secondary N) is 3. The first kappa shape index (κ1) is 14.9. The average molecular weight is 325 g/mol. The second kappa shape index (κ2) is 6.45. The molecule has 1 aromatic heterocycles. The number of hydrogen-bond donors (Lipinski definition) is 3. The molecule has 7 nitrogen and oxygen atoms in total. The molecular weight excluding hydrogens is 306 g/mol. The molecule has 1 saturated heterocycles. The molecule has 1 aromatic carbocycles. The number of aromatic nitrogens is 2. The minimum Gasteiger partial charge on any atom is -0.481 e. The van der Waals surface area contributed by atoms with Crippen LogP contribution in [0.4, 0.5) is 11.5 Å². The topological polar surface area (TPSA) is 88.2 Å². The zero-order valence-corrected chi connectivity index (χ0v) is 13.2. The van der Waals surface area contributed by atoms with E-state index in [1.807, 2.05) is 24.3 Å². The standard InChI is InChI=1S/C17H19N5O2/c23-15-10-24-16-12(2-1-3-13(16)21-15)17-19-9-6-14(22-17)20-11-4-7-18-8-5-11/h1-3,6,9,11,18H,4-5,7-8,10H2,(H,21,23)(H,19,20,22). The third-order valence-electron chi connectivity index (χ3n) is 4.22. The summed E-state index contributed by atoms with van der Waals surface area (Å²) in [6.45, 7) is 2.06. The van der Waals surface area contributed by atoms with Gasteiger partial charge in [0, 0.05) is 12.2 Å². The number of anilines is 2. The molecule has 2 aliphatic heterocycles. The molecule has 0 atom stereocenters. The summed E-state index contributed by atoms with van der Waals surface area (Å²) in [4.78, 5) is 20.5. The van der Waals surface area contributed by atoms with Crippen molar-refractivity contribution in [2.45, 2.75) is 18.9 Å². The van der Waals surface area contributed by atoms with E-state index < -0.39 is 0 Å². The Hall–Kier alpha value is -2.67. The van der Waals surface area contributed by atoms with Gasteiger partial charge >= 0.3 is 0 Å². The van der Waals surface area contributed by atoms with Crippen molar-refractivity contribution in [3.05, 3.63) is 30.5 Å². The van der Waals surface area contributed by atoms with E-state index in [0.717, 1.165) is 37.3 Å². The number of nitrogens with zero attached hydrogens (tertiary/aromatic N) is 2. The molecule has 0 spiro atoms. The lowest BCUT2D eigenvalue weighted by Gasteiger charge is -2.24. The Morgan fingerprint density at radius 1 is 1.21 bits per heavy atom. The van der Waals surface area contributed by atoms with Crippen molar-refractivity contribution in [1.82, 2.24) is 15.3 Å². The number of para-hydroxylation sites is 1. The molecule has 2 aromatic rings. The van der Waals surface area contributed by atoms with Gasteiger partial charge in [-0.05, 0) is 44.1 Å². The minimum absolute atomic E-state index is 0.0109. The van der Waals surface area contributed by atoms with Crippen molar-refractivity contribution < 1.29 is 9.53 Å². The Balaban J connectivity index is 1.62. The van der Waals surface area contributed by atoms with Gasteiger partial charge in [0.2, 0.25) is 0 Å². The smallest absolute Gasteiger partial charge is 0.262 e. The molecule has 3 heterocycles. The molecule has 1 amide bonds. The van der Waals surface area contributed by atoms with Crippen LogP contribution in [0.1, 0.15) is 12.8 Å². The van der Waals surface area contributed by atoms with Gasteiger partial charge in [0.05, 0.1) is 11.3 Å². The average Bonchev–Trinajstić information content (AvgIpc) is 2.62. The lowest BCUT2D eigenvalue weighted by atomic mass is 10.1. The highest BCUT2D eigenvalue weighted by Crippen LogP contribution is 2.37. The highest BCUT2D eigenvalue weighted by molar-refractivity contribution is 5.97. The van der Waals surface area contributed by atoms with Crippen molar-refractivity contribution in [2.75, 3.05) is 30.3 Å². The van der Waals surface area contributed by atoms with Crippen molar-refractivity contribution in [3.8, 4) is 17.1 Å². The third kappa shape index (κ3) is 3.03. The van der Waals surface area contributed by atoms with Crippen LogP contribution in [0.15, 0.2) is 30.5 Å². The van der Waals surface area contributed by atoms with Crippen molar-refractivity contribution in [1.29, 1.82) is 0 Å². The van der Waals surface area contributed by atoms with Crippen LogP contribution in [-0.2, 0) is 4.79 Å². The first-order chi connectivity index (χ1) is 11.8. The maximum absolute atomic E-state index is 11.5. The summed E-state index contributed by atoms with van der Waals surface area (Å²) in [6.07, 6.45) is 3.90. The number of piperidine rings is 1. The van der Waals surface area contributed by atoms with E-state index in [2.05, 4.69) is 25.9 Å². The summed E-state index contributed by atoms with van der Waals surface area (Å²) in [5, 5.41) is 9.64. The van der Waals surface area contributed by atoms with Gasteiger partial charge < -0.3 is 20.7 Å². The summed E-state index contributed by atoms with van der Waals surface area (Å²) in [5.74, 6) is 1.87. The maximum atomic E-state index is 11.5. The molecule has 1 fully saturated rings. The van der Waals surface area contributed by atoms with E-state index >= 15 is 0 Å². The lowest BCUT2D eigenvalue weighted by molar-refractivity contribution is -0.118. The van der Waals surface area contributed by atoms with E-state index in [-0.39, 0.29) is 12.5 Å². The van der Waals surface area contributed by atoms with Crippen LogP contribution < -0.4 is 20.7 Å². The molecule has 124 valence electrons. The van der Waals surface area contributed by atoms with E-state index in [1.54, 1.807) is 6.20 Å². The van der Waals surface area contributed by atoms with E-state index in [1.165, 1.54) is 0 Å². The zero-order valence-electron chi connectivity index (χ0n) is 13.2. The fourth-order valence-electron chi connectivity index (χ4n) is 3.04. The van der Waals surface area contributed by atoms with Gasteiger partial charge in [-0.2, -0.15) is 0 Å². The van der Waals surface area contributed by atoms with E-state index in [4.69, 9.17) is 4.74 Å². The van der Waals surface area contributed by atoms with Crippen LogP contribution in [0.3, 0.4) is 0 Å². The third-order valence-corrected chi connectivity index (χ3v) is 4.22. The predicted octanol–water partition coefficient (Wildman–Crippen LogP) is 1.64. The summed E-state index contributed by atoms with van der Waals surface area (Å²) in [6, 6.07) is 7.88. The maximum Gasteiger partial charge on any atom is 0.262 e. The van der Waals surface area contributed by atoms with Gasteiger partial charge in [0.15, 0.2) is 18.2 Å². The van der Waals surface area contributed by atoms with Gasteiger partial charge in [-0.3, -0.25) is 4.79 Å². The van der Waals surface area contributed by atoms with Gasteiger partial charge in [-0.1, -0.05) is 6.07 Å². The van der Waals surface area contributed by atoms with Crippen LogP contribution in [0.25, 0.3) is 11.4 Å². The Morgan fingerprint density at radius 3 is 2.96 bits per heavy atom. The number of carbonyl (C=O) groups is 1. The monoisotopic (exact) mass is 325 g/mol. The van der Waals surface area contributed by atoms with Crippen LogP contribution in [-0.4, -0.2) is 41.6 Å². The van der Waals surface area contributed by atoms with Gasteiger partial charge in [0.1, 0.15) is 5.82 Å². The summed E-state index contributed by atoms with van der Waals surface area (Å²) >= 11 is 0. The first-order valence-electron chi connectivity index (χ1n) is 8.16. The second-order valence-electron chi connectivity index (χ2n) is 5.95. The van der Waals surface area contributed by atoms with Crippen molar-refractivity contribution >= 4 is 17.4 Å². The predicted molar refractivity (Wildman–Crippen MR) is 91.1 cm³/mol. The normalized spacial score (nSPS) is 17.6. The Morgan fingerprint density at radius 2 is 2.08 bits per heavy atom. The number of hydrogen-bond acceptors (Lipinski definition) is 6. The fraction of sp³-hybridized carbons (Fsp3) is 0.353. The number of ether oxygens (including phenoxy) is 1. The van der Waals surface area contributed by atoms with Gasteiger partial charge in [-0.15, -0.1) is 0 Å². The number of fused-ring (bicyclic) bond motifs is 1. The molecule has 3 N–H and O–H groups in total. The van der Waals surface area contributed by atoms with Crippen LogP contribution in [0.2, 0.25) is 0 Å². The Bertz CT molecular complexity index is 758. The molecule has 7 heteroatoms. The molecule has 24 heavy (non-hydrogen) atoms. The summed E-state index contributed by atoms with van der Waals surface area (Å²) < 4.78 is 5.59. The van der Waals surface area contributed by atoms with E-state index in [9.17, 15) is 4.79 Å². The molecule has 0 radical (unpaired) electrons. The van der Waals surface area contributed by atoms with Crippen LogP contribution in [0.5, 0.6) is 5.75 Å². The highest BCUT2D eigenvalue weighted by Gasteiger charge is 2.21. The number of rotatable bonds is 3. The second-order valence-corrected chi connectivity index (χ2v) is 5.95. The van der Waals surface area contributed by atoms with E-state index in [0.29, 0.717) is 23.3 Å².